The summed E-state index contributed by atoms with van der Waals surface area (Å²) in [7, 11) is 0. The fourth-order valence-corrected chi connectivity index (χ4v) is 1.81. The number of hydrogen-bond donors (Lipinski definition) is 1. The van der Waals surface area contributed by atoms with Gasteiger partial charge in [-0.2, -0.15) is 4.98 Å². The van der Waals surface area contributed by atoms with Crippen LogP contribution in [0, 0.1) is 5.92 Å². The number of benzene rings is 1. The third-order valence-corrected chi connectivity index (χ3v) is 3.04. The van der Waals surface area contributed by atoms with E-state index in [9.17, 15) is 0 Å². The summed E-state index contributed by atoms with van der Waals surface area (Å²) in [6.45, 7) is 2.20. The smallest absolute Gasteiger partial charge is 0.257 e. The molecule has 16 heavy (non-hydrogen) atoms. The molecule has 1 aromatic heterocycles. The number of nitrogen functional groups attached to an aromatic ring is 1. The van der Waals surface area contributed by atoms with E-state index in [1.165, 1.54) is 6.42 Å². The Labute approximate surface area is 93.5 Å². The van der Waals surface area contributed by atoms with Gasteiger partial charge in [0, 0.05) is 17.2 Å². The predicted octanol–water partition coefficient (Wildman–Crippen LogP) is 2.44. The summed E-state index contributed by atoms with van der Waals surface area (Å²) in [5.41, 5.74) is 7.27. The van der Waals surface area contributed by atoms with E-state index in [4.69, 9.17) is 10.3 Å². The number of hydrogen-bond acceptors (Lipinski definition) is 4. The van der Waals surface area contributed by atoms with Gasteiger partial charge in [-0.05, 0) is 36.6 Å². The zero-order valence-corrected chi connectivity index (χ0v) is 9.05. The molecule has 3 rings (SSSR count). The molecule has 0 radical (unpaired) electrons. The minimum Gasteiger partial charge on any atom is -0.399 e. The van der Waals surface area contributed by atoms with Crippen LogP contribution >= 0.6 is 0 Å². The Bertz CT molecular complexity index is 503. The van der Waals surface area contributed by atoms with E-state index < -0.39 is 0 Å². The molecule has 1 aromatic carbocycles. The first-order chi connectivity index (χ1) is 7.74. The maximum Gasteiger partial charge on any atom is 0.257 e. The normalized spacial score (nSPS) is 23.3. The van der Waals surface area contributed by atoms with Crippen LogP contribution in [0.4, 0.5) is 5.69 Å². The van der Waals surface area contributed by atoms with Crippen molar-refractivity contribution in [3.63, 3.8) is 0 Å². The van der Waals surface area contributed by atoms with Crippen molar-refractivity contribution < 1.29 is 4.52 Å². The maximum absolute atomic E-state index is 5.62. The second-order valence-electron chi connectivity index (χ2n) is 4.40. The number of nitrogens with two attached hydrogens (primary N) is 1. The lowest BCUT2D eigenvalue weighted by Crippen LogP contribution is -1.85. The van der Waals surface area contributed by atoms with E-state index in [1.54, 1.807) is 0 Å². The molecule has 1 fully saturated rings. The fraction of sp³-hybridized carbons (Fsp3) is 0.333. The van der Waals surface area contributed by atoms with Crippen LogP contribution in [0.1, 0.15) is 25.1 Å². The lowest BCUT2D eigenvalue weighted by Gasteiger charge is -1.94. The Morgan fingerprint density at radius 1 is 1.31 bits per heavy atom. The van der Waals surface area contributed by atoms with Gasteiger partial charge in [-0.15, -0.1) is 0 Å². The van der Waals surface area contributed by atoms with Crippen LogP contribution in [0.15, 0.2) is 28.8 Å². The van der Waals surface area contributed by atoms with E-state index in [2.05, 4.69) is 17.1 Å². The van der Waals surface area contributed by atoms with Crippen LogP contribution in [0.2, 0.25) is 0 Å². The van der Waals surface area contributed by atoms with Gasteiger partial charge < -0.3 is 10.3 Å². The number of rotatable bonds is 2. The summed E-state index contributed by atoms with van der Waals surface area (Å²) in [6, 6.07) is 7.45. The van der Waals surface area contributed by atoms with Gasteiger partial charge in [0.05, 0.1) is 0 Å². The first-order valence-electron chi connectivity index (χ1n) is 5.43. The lowest BCUT2D eigenvalue weighted by atomic mass is 10.2. The topological polar surface area (TPSA) is 64.9 Å². The van der Waals surface area contributed by atoms with E-state index in [1.807, 2.05) is 24.3 Å². The number of anilines is 1. The van der Waals surface area contributed by atoms with Crippen molar-refractivity contribution in [1.29, 1.82) is 0 Å². The predicted molar refractivity (Wildman–Crippen MR) is 60.7 cm³/mol. The van der Waals surface area contributed by atoms with Crippen molar-refractivity contribution in [3.8, 4) is 11.5 Å². The second kappa shape index (κ2) is 3.33. The number of nitrogens with zero attached hydrogens (tertiary/aromatic N) is 2. The molecule has 82 valence electrons. The molecule has 2 atom stereocenters. The molecule has 0 spiro atoms. The summed E-state index contributed by atoms with van der Waals surface area (Å²) in [4.78, 5) is 4.40. The average Bonchev–Trinajstić information content (AvgIpc) is 2.82. The highest BCUT2D eigenvalue weighted by molar-refractivity contribution is 5.57. The van der Waals surface area contributed by atoms with Gasteiger partial charge >= 0.3 is 0 Å². The molecule has 2 aromatic rings. The van der Waals surface area contributed by atoms with Crippen molar-refractivity contribution in [1.82, 2.24) is 10.1 Å². The molecular formula is C12H13N3O. The highest BCUT2D eigenvalue weighted by Crippen LogP contribution is 2.45. The van der Waals surface area contributed by atoms with Crippen molar-refractivity contribution in [2.75, 3.05) is 5.73 Å². The van der Waals surface area contributed by atoms with Gasteiger partial charge in [-0.3, -0.25) is 0 Å². The third kappa shape index (κ3) is 1.56. The van der Waals surface area contributed by atoms with Crippen molar-refractivity contribution >= 4 is 5.69 Å². The number of aromatic nitrogens is 2. The van der Waals surface area contributed by atoms with E-state index in [0.717, 1.165) is 17.1 Å². The third-order valence-electron chi connectivity index (χ3n) is 3.04. The average molecular weight is 215 g/mol. The molecule has 1 heterocycles. The molecule has 0 amide bonds. The Hall–Kier alpha value is -1.84. The fourth-order valence-electron chi connectivity index (χ4n) is 1.81. The summed E-state index contributed by atoms with van der Waals surface area (Å²) in [6.07, 6.45) is 1.17. The van der Waals surface area contributed by atoms with Gasteiger partial charge in [0.2, 0.25) is 0 Å². The Kier molecular flexibility index (Phi) is 1.96. The van der Waals surface area contributed by atoms with Crippen molar-refractivity contribution in [2.24, 2.45) is 5.92 Å². The highest BCUT2D eigenvalue weighted by Gasteiger charge is 2.38. The van der Waals surface area contributed by atoms with Crippen LogP contribution in [-0.4, -0.2) is 10.1 Å². The maximum atomic E-state index is 5.62. The van der Waals surface area contributed by atoms with Crippen molar-refractivity contribution in [2.45, 2.75) is 19.3 Å². The SMILES string of the molecule is CC1CC1c1noc(-c2ccc(N)cc2)n1. The Balaban J connectivity index is 1.89. The Morgan fingerprint density at radius 3 is 2.62 bits per heavy atom. The van der Waals surface area contributed by atoms with Crippen molar-refractivity contribution in [3.05, 3.63) is 30.1 Å². The minimum absolute atomic E-state index is 0.492. The standard InChI is InChI=1S/C12H13N3O/c1-7-6-10(7)11-14-12(16-15-11)8-2-4-9(13)5-3-8/h2-5,7,10H,6,13H2,1H3. The molecule has 1 aliphatic rings. The van der Waals surface area contributed by atoms with Gasteiger partial charge in [0.15, 0.2) is 5.82 Å². The first kappa shape index (κ1) is 9.39. The summed E-state index contributed by atoms with van der Waals surface area (Å²) < 4.78 is 5.24. The summed E-state index contributed by atoms with van der Waals surface area (Å²) >= 11 is 0. The van der Waals surface area contributed by atoms with E-state index in [0.29, 0.717) is 17.7 Å². The molecule has 0 aliphatic heterocycles. The molecule has 1 saturated carbocycles. The minimum atomic E-state index is 0.492. The molecule has 2 N–H and O–H groups in total. The van der Waals surface area contributed by atoms with Crippen LogP contribution in [0.5, 0.6) is 0 Å². The van der Waals surface area contributed by atoms with Crippen LogP contribution in [0.3, 0.4) is 0 Å². The largest absolute Gasteiger partial charge is 0.399 e. The second-order valence-corrected chi connectivity index (χ2v) is 4.40. The lowest BCUT2D eigenvalue weighted by molar-refractivity contribution is 0.422. The molecule has 0 saturated heterocycles. The zero-order chi connectivity index (χ0) is 11.1. The van der Waals surface area contributed by atoms with Gasteiger partial charge in [-0.1, -0.05) is 12.1 Å². The van der Waals surface area contributed by atoms with E-state index in [-0.39, 0.29) is 0 Å². The molecular weight excluding hydrogens is 202 g/mol. The molecule has 1 aliphatic carbocycles. The van der Waals surface area contributed by atoms with Crippen LogP contribution in [0.25, 0.3) is 11.5 Å². The first-order valence-corrected chi connectivity index (χ1v) is 5.43. The van der Waals surface area contributed by atoms with Gasteiger partial charge in [-0.25, -0.2) is 0 Å². The van der Waals surface area contributed by atoms with Crippen LogP contribution < -0.4 is 5.73 Å². The van der Waals surface area contributed by atoms with Gasteiger partial charge in [0.1, 0.15) is 0 Å². The molecule has 4 heteroatoms. The molecule has 2 unspecified atom stereocenters. The molecule has 4 nitrogen and oxygen atoms in total. The zero-order valence-electron chi connectivity index (χ0n) is 9.05. The molecule has 0 bridgehead atoms. The summed E-state index contributed by atoms with van der Waals surface area (Å²) in [5, 5.41) is 4.01. The monoisotopic (exact) mass is 215 g/mol. The van der Waals surface area contributed by atoms with Crippen LogP contribution in [-0.2, 0) is 0 Å². The highest BCUT2D eigenvalue weighted by atomic mass is 16.5. The van der Waals surface area contributed by atoms with E-state index >= 15 is 0 Å². The van der Waals surface area contributed by atoms with Gasteiger partial charge in [0.25, 0.3) is 5.89 Å². The Morgan fingerprint density at radius 2 is 2.00 bits per heavy atom. The quantitative estimate of drug-likeness (QED) is 0.781. The summed E-state index contributed by atoms with van der Waals surface area (Å²) in [5.74, 6) is 2.59.